The zero-order valence-electron chi connectivity index (χ0n) is 6.86. The van der Waals surface area contributed by atoms with Crippen LogP contribution in [0.3, 0.4) is 0 Å². The van der Waals surface area contributed by atoms with Gasteiger partial charge in [-0.2, -0.15) is 22.0 Å². The van der Waals surface area contributed by atoms with Crippen molar-refractivity contribution in [2.24, 2.45) is 0 Å². The van der Waals surface area contributed by atoms with E-state index in [2.05, 4.69) is 20.3 Å². The molecule has 86 valence electrons. The van der Waals surface area contributed by atoms with Gasteiger partial charge in [0.2, 0.25) is 0 Å². The summed E-state index contributed by atoms with van der Waals surface area (Å²) >= 11 is 2.71. The molecule has 0 aliphatic carbocycles. The Labute approximate surface area is 88.8 Å². The summed E-state index contributed by atoms with van der Waals surface area (Å²) in [5, 5.41) is 8.81. The number of rotatable bonds is 2. The molecule has 0 spiro atoms. The van der Waals surface area contributed by atoms with Gasteiger partial charge in [-0.05, 0) is 28.1 Å². The molecular formula is C7H4BrF5O2. The summed E-state index contributed by atoms with van der Waals surface area (Å²) in [6.07, 6.45) is -8.88. The highest BCUT2D eigenvalue weighted by molar-refractivity contribution is 9.10. The molecule has 1 rings (SSSR count). The Kier molecular flexibility index (Phi) is 3.11. The van der Waals surface area contributed by atoms with Gasteiger partial charge in [0.25, 0.3) is 0 Å². The van der Waals surface area contributed by atoms with Crippen molar-refractivity contribution in [3.8, 4) is 0 Å². The lowest BCUT2D eigenvalue weighted by Crippen LogP contribution is -2.42. The van der Waals surface area contributed by atoms with E-state index in [1.165, 1.54) is 0 Å². The van der Waals surface area contributed by atoms with Crippen molar-refractivity contribution in [1.29, 1.82) is 0 Å². The van der Waals surface area contributed by atoms with Crippen LogP contribution >= 0.6 is 15.9 Å². The Morgan fingerprint density at radius 3 is 2.07 bits per heavy atom. The summed E-state index contributed by atoms with van der Waals surface area (Å²) in [5.74, 6) is -6.10. The maximum Gasteiger partial charge on any atom is 0.456 e. The van der Waals surface area contributed by atoms with Gasteiger partial charge in [0.05, 0.1) is 0 Å². The van der Waals surface area contributed by atoms with E-state index in [-0.39, 0.29) is 4.67 Å². The average Bonchev–Trinajstić information content (AvgIpc) is 2.48. The predicted molar refractivity (Wildman–Crippen MR) is 42.4 cm³/mol. The quantitative estimate of drug-likeness (QED) is 0.849. The highest BCUT2D eigenvalue weighted by Gasteiger charge is 2.63. The van der Waals surface area contributed by atoms with Crippen LogP contribution in [0.4, 0.5) is 22.0 Å². The number of aliphatic hydroxyl groups excluding tert-OH is 1. The monoisotopic (exact) mass is 294 g/mol. The molecule has 1 aromatic heterocycles. The molecule has 0 fully saturated rings. The van der Waals surface area contributed by atoms with Crippen LogP contribution in [-0.2, 0) is 0 Å². The minimum Gasteiger partial charge on any atom is -0.451 e. The molecule has 0 aromatic carbocycles. The second-order valence-corrected chi connectivity index (χ2v) is 3.45. The third-order valence-electron chi connectivity index (χ3n) is 1.58. The summed E-state index contributed by atoms with van der Waals surface area (Å²) in [6.45, 7) is 0. The van der Waals surface area contributed by atoms with Crippen LogP contribution in [0, 0.1) is 0 Å². The van der Waals surface area contributed by atoms with Crippen LogP contribution in [0.25, 0.3) is 0 Å². The van der Waals surface area contributed by atoms with E-state index < -0.39 is 24.0 Å². The standard InChI is InChI=1S/C7H4BrF5O2/c8-4-2-1-3(15-4)5(14)6(9,10)7(11,12)13/h1-2,5,14H. The maximum absolute atomic E-state index is 12.6. The lowest BCUT2D eigenvalue weighted by molar-refractivity contribution is -0.317. The first-order valence-electron chi connectivity index (χ1n) is 3.54. The van der Waals surface area contributed by atoms with E-state index >= 15 is 0 Å². The van der Waals surface area contributed by atoms with Crippen molar-refractivity contribution in [3.63, 3.8) is 0 Å². The topological polar surface area (TPSA) is 33.4 Å². The zero-order chi connectivity index (χ0) is 11.9. The molecule has 1 unspecified atom stereocenters. The van der Waals surface area contributed by atoms with Crippen molar-refractivity contribution in [2.45, 2.75) is 18.2 Å². The molecule has 15 heavy (non-hydrogen) atoms. The van der Waals surface area contributed by atoms with Gasteiger partial charge in [-0.1, -0.05) is 0 Å². The van der Waals surface area contributed by atoms with Gasteiger partial charge in [0.1, 0.15) is 5.76 Å². The molecule has 1 heterocycles. The third kappa shape index (κ3) is 2.31. The maximum atomic E-state index is 12.6. The van der Waals surface area contributed by atoms with E-state index in [0.29, 0.717) is 0 Å². The second-order valence-electron chi connectivity index (χ2n) is 2.67. The summed E-state index contributed by atoms with van der Waals surface area (Å²) in [5.41, 5.74) is 0. The summed E-state index contributed by atoms with van der Waals surface area (Å²) in [6, 6.07) is 1.93. The second kappa shape index (κ2) is 3.75. The first-order chi connectivity index (χ1) is 6.66. The summed E-state index contributed by atoms with van der Waals surface area (Å²) < 4.78 is 64.9. The van der Waals surface area contributed by atoms with Crippen molar-refractivity contribution >= 4 is 15.9 Å². The van der Waals surface area contributed by atoms with Crippen LogP contribution in [0.5, 0.6) is 0 Å². The Hall–Kier alpha value is -0.630. The average molecular weight is 295 g/mol. The first kappa shape index (κ1) is 12.4. The predicted octanol–water partition coefficient (Wildman–Crippen LogP) is 3.27. The molecule has 1 N–H and O–H groups in total. The Morgan fingerprint density at radius 1 is 1.20 bits per heavy atom. The number of halogens is 6. The lowest BCUT2D eigenvalue weighted by Gasteiger charge is -2.23. The number of hydrogen-bond donors (Lipinski definition) is 1. The highest BCUT2D eigenvalue weighted by Crippen LogP contribution is 2.44. The van der Waals surface area contributed by atoms with E-state index in [1.54, 1.807) is 0 Å². The smallest absolute Gasteiger partial charge is 0.451 e. The molecule has 1 atom stereocenters. The van der Waals surface area contributed by atoms with E-state index in [9.17, 15) is 22.0 Å². The van der Waals surface area contributed by atoms with Gasteiger partial charge < -0.3 is 9.52 Å². The van der Waals surface area contributed by atoms with Gasteiger partial charge in [-0.25, -0.2) is 0 Å². The van der Waals surface area contributed by atoms with Crippen molar-refractivity contribution < 1.29 is 31.5 Å². The molecule has 8 heteroatoms. The van der Waals surface area contributed by atoms with Gasteiger partial charge in [-0.3, -0.25) is 0 Å². The fourth-order valence-electron chi connectivity index (χ4n) is 0.809. The van der Waals surface area contributed by atoms with Crippen molar-refractivity contribution in [3.05, 3.63) is 22.6 Å². The number of furan rings is 1. The number of alkyl halides is 5. The molecule has 0 amide bonds. The fraction of sp³-hybridized carbons (Fsp3) is 0.429. The van der Waals surface area contributed by atoms with Crippen LogP contribution in [0.15, 0.2) is 21.2 Å². The molecule has 0 aliphatic rings. The SMILES string of the molecule is OC(c1ccc(Br)o1)C(F)(F)C(F)(F)F. The van der Waals surface area contributed by atoms with E-state index in [0.717, 1.165) is 12.1 Å². The largest absolute Gasteiger partial charge is 0.456 e. The number of hydrogen-bond acceptors (Lipinski definition) is 2. The van der Waals surface area contributed by atoms with Crippen LogP contribution < -0.4 is 0 Å². The highest BCUT2D eigenvalue weighted by atomic mass is 79.9. The summed E-state index contributed by atoms with van der Waals surface area (Å²) in [7, 11) is 0. The minimum absolute atomic E-state index is 0.0467. The Balaban J connectivity index is 2.99. The summed E-state index contributed by atoms with van der Waals surface area (Å²) in [4.78, 5) is 0. The van der Waals surface area contributed by atoms with Crippen LogP contribution in [0.1, 0.15) is 11.9 Å². The van der Waals surface area contributed by atoms with Gasteiger partial charge in [0.15, 0.2) is 10.8 Å². The van der Waals surface area contributed by atoms with E-state index in [1.807, 2.05) is 0 Å². The molecule has 0 saturated carbocycles. The normalized spacial score (nSPS) is 15.4. The first-order valence-corrected chi connectivity index (χ1v) is 4.33. The number of aliphatic hydroxyl groups is 1. The van der Waals surface area contributed by atoms with Crippen molar-refractivity contribution in [1.82, 2.24) is 0 Å². The molecule has 1 aromatic rings. The Bertz CT molecular complexity index is 345. The van der Waals surface area contributed by atoms with Gasteiger partial charge in [0, 0.05) is 0 Å². The van der Waals surface area contributed by atoms with Gasteiger partial charge >= 0.3 is 12.1 Å². The lowest BCUT2D eigenvalue weighted by atomic mass is 10.1. The molecule has 0 saturated heterocycles. The van der Waals surface area contributed by atoms with Crippen LogP contribution in [-0.4, -0.2) is 17.2 Å². The fourth-order valence-corrected chi connectivity index (χ4v) is 1.13. The molecule has 0 radical (unpaired) electrons. The minimum atomic E-state index is -5.83. The zero-order valence-corrected chi connectivity index (χ0v) is 8.44. The van der Waals surface area contributed by atoms with Crippen molar-refractivity contribution in [2.75, 3.05) is 0 Å². The van der Waals surface area contributed by atoms with Gasteiger partial charge in [-0.15, -0.1) is 0 Å². The Morgan fingerprint density at radius 2 is 1.73 bits per heavy atom. The molecule has 2 nitrogen and oxygen atoms in total. The molecule has 0 bridgehead atoms. The van der Waals surface area contributed by atoms with E-state index in [4.69, 9.17) is 5.11 Å². The molecule has 0 aliphatic heterocycles. The molecular weight excluding hydrogens is 291 g/mol. The van der Waals surface area contributed by atoms with Crippen LogP contribution in [0.2, 0.25) is 0 Å². The third-order valence-corrected chi connectivity index (χ3v) is 2.01.